The van der Waals surface area contributed by atoms with Crippen LogP contribution in [0.4, 0.5) is 0 Å². The van der Waals surface area contributed by atoms with Crippen molar-refractivity contribution in [1.82, 2.24) is 5.32 Å². The lowest BCUT2D eigenvalue weighted by Gasteiger charge is -2.30. The Bertz CT molecular complexity index is 365. The Hall–Kier alpha value is -0.860. The zero-order chi connectivity index (χ0) is 13.5. The zero-order valence-corrected chi connectivity index (χ0v) is 12.3. The minimum Gasteiger partial charge on any atom is -0.380 e. The molecule has 2 rings (SSSR count). The first-order chi connectivity index (χ1) is 9.36. The first-order valence-corrected chi connectivity index (χ1v) is 7.76. The Balaban J connectivity index is 2.13. The Morgan fingerprint density at radius 2 is 2.05 bits per heavy atom. The second kappa shape index (κ2) is 7.66. The standard InChI is InChI=1S/C17H27NO/c1-3-12-18-17(13-19-4-2)16-11-6-5-10-15(16)14-8-7-9-14/h5-6,10-11,14,17-18H,3-4,7-9,12-13H2,1-2H3. The molecule has 1 fully saturated rings. The van der Waals surface area contributed by atoms with E-state index < -0.39 is 0 Å². The summed E-state index contributed by atoms with van der Waals surface area (Å²) < 4.78 is 5.67. The van der Waals surface area contributed by atoms with Crippen molar-refractivity contribution < 1.29 is 4.74 Å². The highest BCUT2D eigenvalue weighted by Crippen LogP contribution is 2.39. The molecule has 0 amide bonds. The van der Waals surface area contributed by atoms with Gasteiger partial charge < -0.3 is 10.1 Å². The molecular formula is C17H27NO. The average Bonchev–Trinajstić information content (AvgIpc) is 2.38. The van der Waals surface area contributed by atoms with Crippen LogP contribution in [-0.4, -0.2) is 19.8 Å². The summed E-state index contributed by atoms with van der Waals surface area (Å²) in [4.78, 5) is 0. The van der Waals surface area contributed by atoms with E-state index in [0.717, 1.165) is 32.1 Å². The number of nitrogens with one attached hydrogen (secondary N) is 1. The van der Waals surface area contributed by atoms with E-state index in [1.807, 2.05) is 0 Å². The van der Waals surface area contributed by atoms with Crippen molar-refractivity contribution in [3.63, 3.8) is 0 Å². The third kappa shape index (κ3) is 3.80. The van der Waals surface area contributed by atoms with Crippen molar-refractivity contribution in [2.45, 2.75) is 51.5 Å². The highest BCUT2D eigenvalue weighted by atomic mass is 16.5. The van der Waals surface area contributed by atoms with E-state index in [0.29, 0.717) is 6.04 Å². The molecule has 0 bridgehead atoms. The number of benzene rings is 1. The fourth-order valence-electron chi connectivity index (χ4n) is 2.73. The maximum Gasteiger partial charge on any atom is 0.0661 e. The molecular weight excluding hydrogens is 234 g/mol. The summed E-state index contributed by atoms with van der Waals surface area (Å²) in [7, 11) is 0. The molecule has 1 atom stereocenters. The maximum atomic E-state index is 5.67. The van der Waals surface area contributed by atoms with E-state index in [9.17, 15) is 0 Å². The Morgan fingerprint density at radius 1 is 1.26 bits per heavy atom. The van der Waals surface area contributed by atoms with Crippen LogP contribution in [0.3, 0.4) is 0 Å². The van der Waals surface area contributed by atoms with Gasteiger partial charge >= 0.3 is 0 Å². The fraction of sp³-hybridized carbons (Fsp3) is 0.647. The molecule has 0 radical (unpaired) electrons. The molecule has 1 aliphatic carbocycles. The fourth-order valence-corrected chi connectivity index (χ4v) is 2.73. The van der Waals surface area contributed by atoms with Gasteiger partial charge in [-0.15, -0.1) is 0 Å². The van der Waals surface area contributed by atoms with Gasteiger partial charge in [0.25, 0.3) is 0 Å². The molecule has 1 aromatic rings. The highest BCUT2D eigenvalue weighted by molar-refractivity contribution is 5.34. The van der Waals surface area contributed by atoms with E-state index in [2.05, 4.69) is 43.4 Å². The summed E-state index contributed by atoms with van der Waals surface area (Å²) in [5, 5.41) is 3.64. The van der Waals surface area contributed by atoms with Gasteiger partial charge in [0.05, 0.1) is 12.6 Å². The predicted molar refractivity (Wildman–Crippen MR) is 80.6 cm³/mol. The van der Waals surface area contributed by atoms with Gasteiger partial charge in [0, 0.05) is 6.61 Å². The van der Waals surface area contributed by atoms with Crippen molar-refractivity contribution in [2.24, 2.45) is 0 Å². The molecule has 1 saturated carbocycles. The van der Waals surface area contributed by atoms with Crippen LogP contribution < -0.4 is 5.32 Å². The third-order valence-electron chi connectivity index (χ3n) is 4.05. The normalized spacial score (nSPS) is 17.2. The van der Waals surface area contributed by atoms with Gasteiger partial charge in [-0.1, -0.05) is 37.6 Å². The minimum absolute atomic E-state index is 0.344. The van der Waals surface area contributed by atoms with Crippen molar-refractivity contribution in [1.29, 1.82) is 0 Å². The molecule has 0 heterocycles. The Morgan fingerprint density at radius 3 is 2.68 bits per heavy atom. The summed E-state index contributed by atoms with van der Waals surface area (Å²) >= 11 is 0. The van der Waals surface area contributed by atoms with Gasteiger partial charge in [-0.25, -0.2) is 0 Å². The zero-order valence-electron chi connectivity index (χ0n) is 12.3. The van der Waals surface area contributed by atoms with Crippen LogP contribution in [0.2, 0.25) is 0 Å². The van der Waals surface area contributed by atoms with Crippen LogP contribution in [0.15, 0.2) is 24.3 Å². The van der Waals surface area contributed by atoms with E-state index in [-0.39, 0.29) is 0 Å². The molecule has 1 aromatic carbocycles. The second-order valence-corrected chi connectivity index (χ2v) is 5.42. The second-order valence-electron chi connectivity index (χ2n) is 5.42. The first kappa shape index (κ1) is 14.5. The molecule has 1 unspecified atom stereocenters. The molecule has 2 heteroatoms. The number of hydrogen-bond acceptors (Lipinski definition) is 2. The van der Waals surface area contributed by atoms with Crippen LogP contribution in [0.1, 0.15) is 62.6 Å². The van der Waals surface area contributed by atoms with Gasteiger partial charge in [0.2, 0.25) is 0 Å². The van der Waals surface area contributed by atoms with E-state index in [1.54, 1.807) is 5.56 Å². The van der Waals surface area contributed by atoms with Crippen molar-refractivity contribution in [2.75, 3.05) is 19.8 Å². The monoisotopic (exact) mass is 261 g/mol. The molecule has 19 heavy (non-hydrogen) atoms. The van der Waals surface area contributed by atoms with Gasteiger partial charge in [-0.3, -0.25) is 0 Å². The van der Waals surface area contributed by atoms with Crippen LogP contribution >= 0.6 is 0 Å². The van der Waals surface area contributed by atoms with E-state index in [1.165, 1.54) is 24.8 Å². The topological polar surface area (TPSA) is 21.3 Å². The van der Waals surface area contributed by atoms with Crippen molar-refractivity contribution in [3.8, 4) is 0 Å². The summed E-state index contributed by atoms with van der Waals surface area (Å²) in [6.07, 6.45) is 5.25. The molecule has 106 valence electrons. The van der Waals surface area contributed by atoms with Gasteiger partial charge in [-0.2, -0.15) is 0 Å². The van der Waals surface area contributed by atoms with Crippen molar-refractivity contribution >= 4 is 0 Å². The first-order valence-electron chi connectivity index (χ1n) is 7.76. The number of ether oxygens (including phenoxy) is 1. The summed E-state index contributed by atoms with van der Waals surface area (Å²) in [5.41, 5.74) is 3.00. The molecule has 1 aliphatic rings. The SMILES string of the molecule is CCCNC(COCC)c1ccccc1C1CCC1. The molecule has 0 aromatic heterocycles. The maximum absolute atomic E-state index is 5.67. The summed E-state index contributed by atoms with van der Waals surface area (Å²) in [6.45, 7) is 6.89. The number of hydrogen-bond donors (Lipinski definition) is 1. The lowest BCUT2D eigenvalue weighted by atomic mass is 9.77. The molecule has 2 nitrogen and oxygen atoms in total. The highest BCUT2D eigenvalue weighted by Gasteiger charge is 2.24. The lowest BCUT2D eigenvalue weighted by molar-refractivity contribution is 0.122. The summed E-state index contributed by atoms with van der Waals surface area (Å²) in [6, 6.07) is 9.27. The van der Waals surface area contributed by atoms with E-state index in [4.69, 9.17) is 4.74 Å². The molecule has 0 aliphatic heterocycles. The van der Waals surface area contributed by atoms with Crippen LogP contribution in [-0.2, 0) is 4.74 Å². The molecule has 0 spiro atoms. The van der Waals surface area contributed by atoms with Gasteiger partial charge in [0.15, 0.2) is 0 Å². The van der Waals surface area contributed by atoms with Crippen LogP contribution in [0, 0.1) is 0 Å². The van der Waals surface area contributed by atoms with Crippen molar-refractivity contribution in [3.05, 3.63) is 35.4 Å². The quantitative estimate of drug-likeness (QED) is 0.763. The minimum atomic E-state index is 0.344. The van der Waals surface area contributed by atoms with Gasteiger partial charge in [0.1, 0.15) is 0 Å². The lowest BCUT2D eigenvalue weighted by Crippen LogP contribution is -2.28. The number of rotatable bonds is 8. The predicted octanol–water partition coefficient (Wildman–Crippen LogP) is 4.03. The Kier molecular flexibility index (Phi) is 5.87. The smallest absolute Gasteiger partial charge is 0.0661 e. The average molecular weight is 261 g/mol. The van der Waals surface area contributed by atoms with E-state index >= 15 is 0 Å². The largest absolute Gasteiger partial charge is 0.380 e. The summed E-state index contributed by atoms with van der Waals surface area (Å²) in [5.74, 6) is 0.781. The molecule has 1 N–H and O–H groups in total. The Labute approximate surface area is 117 Å². The van der Waals surface area contributed by atoms with Gasteiger partial charge in [-0.05, 0) is 49.8 Å². The molecule has 0 saturated heterocycles. The third-order valence-corrected chi connectivity index (χ3v) is 4.05. The van der Waals surface area contributed by atoms with Crippen LogP contribution in [0.5, 0.6) is 0 Å². The van der Waals surface area contributed by atoms with Crippen LogP contribution in [0.25, 0.3) is 0 Å².